The van der Waals surface area contributed by atoms with Crippen LogP contribution in [-0.2, 0) is 17.9 Å². The molecule has 2 aromatic rings. The molecule has 0 saturated carbocycles. The highest BCUT2D eigenvalue weighted by Crippen LogP contribution is 2.23. The lowest BCUT2D eigenvalue weighted by atomic mass is 9.96. The van der Waals surface area contributed by atoms with Gasteiger partial charge in [0.15, 0.2) is 0 Å². The van der Waals surface area contributed by atoms with Crippen LogP contribution in [0.5, 0.6) is 0 Å². The second-order valence-corrected chi connectivity index (χ2v) is 7.44. The van der Waals surface area contributed by atoms with Gasteiger partial charge in [0.1, 0.15) is 6.54 Å². The normalized spacial score (nSPS) is 21.3. The summed E-state index contributed by atoms with van der Waals surface area (Å²) >= 11 is 0. The van der Waals surface area contributed by atoms with E-state index in [0.717, 1.165) is 51.5 Å². The van der Waals surface area contributed by atoms with Crippen molar-refractivity contribution in [3.05, 3.63) is 48.0 Å². The number of amides is 1. The van der Waals surface area contributed by atoms with Gasteiger partial charge in [-0.2, -0.15) is 5.10 Å². The number of nitrogens with one attached hydrogen (secondary N) is 1. The van der Waals surface area contributed by atoms with Crippen LogP contribution in [-0.4, -0.2) is 69.7 Å². The molecule has 0 radical (unpaired) electrons. The van der Waals surface area contributed by atoms with Gasteiger partial charge in [-0.15, -0.1) is 0 Å². The zero-order valence-corrected chi connectivity index (χ0v) is 15.8. The minimum absolute atomic E-state index is 0.168. The first-order chi connectivity index (χ1) is 13.3. The van der Waals surface area contributed by atoms with Gasteiger partial charge in [-0.3, -0.25) is 19.4 Å². The molecule has 4 rings (SSSR count). The highest BCUT2D eigenvalue weighted by Gasteiger charge is 2.24. The first-order valence-electron chi connectivity index (χ1n) is 9.92. The van der Waals surface area contributed by atoms with E-state index in [0.29, 0.717) is 12.5 Å². The molecule has 0 bridgehead atoms. The third kappa shape index (κ3) is 4.54. The molecule has 0 aromatic carbocycles. The summed E-state index contributed by atoms with van der Waals surface area (Å²) in [5, 5.41) is 7.86. The van der Waals surface area contributed by atoms with Gasteiger partial charge in [-0.25, -0.2) is 0 Å². The van der Waals surface area contributed by atoms with Gasteiger partial charge < -0.3 is 10.2 Å². The number of pyridine rings is 1. The number of rotatable bonds is 5. The third-order valence-electron chi connectivity index (χ3n) is 5.59. The molecule has 2 aromatic heterocycles. The molecule has 1 amide bonds. The molecule has 2 saturated heterocycles. The van der Waals surface area contributed by atoms with E-state index in [4.69, 9.17) is 0 Å². The van der Waals surface area contributed by atoms with Gasteiger partial charge in [-0.1, -0.05) is 6.07 Å². The summed E-state index contributed by atoms with van der Waals surface area (Å²) < 4.78 is 1.90. The topological polar surface area (TPSA) is 66.3 Å². The molecule has 144 valence electrons. The van der Waals surface area contributed by atoms with Crippen LogP contribution < -0.4 is 5.32 Å². The molecule has 2 aliphatic rings. The Morgan fingerprint density at radius 1 is 1.15 bits per heavy atom. The second-order valence-electron chi connectivity index (χ2n) is 7.44. The molecule has 0 unspecified atom stereocenters. The van der Waals surface area contributed by atoms with Crippen LogP contribution in [0.1, 0.15) is 30.1 Å². The van der Waals surface area contributed by atoms with E-state index in [9.17, 15) is 4.79 Å². The number of piperidine rings is 1. The van der Waals surface area contributed by atoms with Gasteiger partial charge in [0.2, 0.25) is 5.91 Å². The molecule has 0 spiro atoms. The molecule has 7 heteroatoms. The van der Waals surface area contributed by atoms with Crippen molar-refractivity contribution in [2.75, 3.05) is 39.3 Å². The number of hydrogen-bond acceptors (Lipinski definition) is 5. The minimum atomic E-state index is 0.168. The fourth-order valence-corrected chi connectivity index (χ4v) is 4.03. The van der Waals surface area contributed by atoms with Crippen molar-refractivity contribution >= 4 is 5.91 Å². The predicted octanol–water partition coefficient (Wildman–Crippen LogP) is 1.09. The highest BCUT2D eigenvalue weighted by atomic mass is 16.2. The van der Waals surface area contributed by atoms with E-state index in [-0.39, 0.29) is 5.91 Å². The lowest BCUT2D eigenvalue weighted by Crippen LogP contribution is -2.49. The molecule has 1 atom stereocenters. The molecular formula is C20H28N6O. The number of carbonyl (C=O) groups excluding carboxylic acids is 1. The van der Waals surface area contributed by atoms with E-state index in [1.54, 1.807) is 0 Å². The summed E-state index contributed by atoms with van der Waals surface area (Å²) in [6.07, 6.45) is 6.00. The fourth-order valence-electron chi connectivity index (χ4n) is 4.03. The van der Waals surface area contributed by atoms with E-state index in [1.807, 2.05) is 34.1 Å². The SMILES string of the molecule is O=C(Cn1nccc1[C@@H]1CCCNC1)N1CCN(Cc2ccccn2)CC1. The van der Waals surface area contributed by atoms with Crippen LogP contribution in [0, 0.1) is 0 Å². The largest absolute Gasteiger partial charge is 0.339 e. The van der Waals surface area contributed by atoms with Crippen molar-refractivity contribution in [3.8, 4) is 0 Å². The lowest BCUT2D eigenvalue weighted by Gasteiger charge is -2.34. The Bertz CT molecular complexity index is 732. The average molecular weight is 368 g/mol. The van der Waals surface area contributed by atoms with Crippen molar-refractivity contribution in [2.45, 2.75) is 31.8 Å². The van der Waals surface area contributed by atoms with E-state index in [1.165, 1.54) is 18.5 Å². The Balaban J connectivity index is 1.29. The van der Waals surface area contributed by atoms with Crippen LogP contribution in [0.4, 0.5) is 0 Å². The van der Waals surface area contributed by atoms with Crippen molar-refractivity contribution in [1.29, 1.82) is 0 Å². The number of piperazine rings is 1. The summed E-state index contributed by atoms with van der Waals surface area (Å²) in [5.41, 5.74) is 2.27. The maximum absolute atomic E-state index is 12.8. The standard InChI is InChI=1S/C20H28N6O/c27-20(16-26-19(6-9-23-26)17-4-3-7-21-14-17)25-12-10-24(11-13-25)15-18-5-1-2-8-22-18/h1-2,5-6,8-9,17,21H,3-4,7,10-16H2/t17-/m1/s1. The first kappa shape index (κ1) is 18.1. The Morgan fingerprint density at radius 2 is 2.04 bits per heavy atom. The van der Waals surface area contributed by atoms with Gasteiger partial charge >= 0.3 is 0 Å². The van der Waals surface area contributed by atoms with Crippen LogP contribution in [0.15, 0.2) is 36.7 Å². The first-order valence-corrected chi connectivity index (χ1v) is 9.92. The second kappa shape index (κ2) is 8.63. The highest BCUT2D eigenvalue weighted by molar-refractivity contribution is 5.76. The average Bonchev–Trinajstić information content (AvgIpc) is 3.18. The number of nitrogens with zero attached hydrogens (tertiary/aromatic N) is 5. The van der Waals surface area contributed by atoms with Crippen molar-refractivity contribution in [3.63, 3.8) is 0 Å². The Hall–Kier alpha value is -2.25. The number of aromatic nitrogens is 3. The van der Waals surface area contributed by atoms with Crippen LogP contribution in [0.3, 0.4) is 0 Å². The Labute approximate surface area is 160 Å². The van der Waals surface area contributed by atoms with Crippen molar-refractivity contribution < 1.29 is 4.79 Å². The van der Waals surface area contributed by atoms with Crippen LogP contribution >= 0.6 is 0 Å². The zero-order valence-electron chi connectivity index (χ0n) is 15.8. The zero-order chi connectivity index (χ0) is 18.5. The lowest BCUT2D eigenvalue weighted by molar-refractivity contribution is -0.133. The molecular weight excluding hydrogens is 340 g/mol. The smallest absolute Gasteiger partial charge is 0.244 e. The Morgan fingerprint density at radius 3 is 2.78 bits per heavy atom. The van der Waals surface area contributed by atoms with E-state index in [2.05, 4.69) is 32.4 Å². The maximum Gasteiger partial charge on any atom is 0.244 e. The van der Waals surface area contributed by atoms with Gasteiger partial charge in [0, 0.05) is 63.3 Å². The van der Waals surface area contributed by atoms with Gasteiger partial charge in [-0.05, 0) is 37.6 Å². The summed E-state index contributed by atoms with van der Waals surface area (Å²) in [4.78, 5) is 21.5. The van der Waals surface area contributed by atoms with Crippen molar-refractivity contribution in [2.24, 2.45) is 0 Å². The minimum Gasteiger partial charge on any atom is -0.339 e. The van der Waals surface area contributed by atoms with Gasteiger partial charge in [0.05, 0.1) is 5.69 Å². The van der Waals surface area contributed by atoms with Crippen LogP contribution in [0.25, 0.3) is 0 Å². The Kier molecular flexibility index (Phi) is 5.79. The van der Waals surface area contributed by atoms with Crippen LogP contribution in [0.2, 0.25) is 0 Å². The van der Waals surface area contributed by atoms with Gasteiger partial charge in [0.25, 0.3) is 0 Å². The van der Waals surface area contributed by atoms with E-state index >= 15 is 0 Å². The summed E-state index contributed by atoms with van der Waals surface area (Å²) in [6.45, 7) is 6.58. The maximum atomic E-state index is 12.8. The predicted molar refractivity (Wildman–Crippen MR) is 103 cm³/mol. The summed E-state index contributed by atoms with van der Waals surface area (Å²) in [7, 11) is 0. The molecule has 2 aliphatic heterocycles. The molecule has 27 heavy (non-hydrogen) atoms. The quantitative estimate of drug-likeness (QED) is 0.856. The fraction of sp³-hybridized carbons (Fsp3) is 0.550. The molecule has 1 N–H and O–H groups in total. The summed E-state index contributed by atoms with van der Waals surface area (Å²) in [5.74, 6) is 0.630. The molecule has 7 nitrogen and oxygen atoms in total. The van der Waals surface area contributed by atoms with Crippen molar-refractivity contribution in [1.82, 2.24) is 29.9 Å². The summed E-state index contributed by atoms with van der Waals surface area (Å²) in [6, 6.07) is 8.07. The third-order valence-corrected chi connectivity index (χ3v) is 5.59. The number of hydrogen-bond donors (Lipinski definition) is 1. The molecule has 0 aliphatic carbocycles. The number of carbonyl (C=O) groups is 1. The molecule has 4 heterocycles. The molecule has 2 fully saturated rings. The van der Waals surface area contributed by atoms with E-state index < -0.39 is 0 Å². The monoisotopic (exact) mass is 368 g/mol.